The summed E-state index contributed by atoms with van der Waals surface area (Å²) in [5.41, 5.74) is 1.78. The van der Waals surface area contributed by atoms with E-state index in [-0.39, 0.29) is 11.9 Å². The molecule has 1 N–H and O–H groups in total. The van der Waals surface area contributed by atoms with E-state index < -0.39 is 0 Å². The third-order valence-corrected chi connectivity index (χ3v) is 3.37. The number of halogens is 2. The highest BCUT2D eigenvalue weighted by molar-refractivity contribution is 6.30. The van der Waals surface area contributed by atoms with E-state index in [1.807, 2.05) is 32.0 Å². The molecule has 2 aromatic rings. The van der Waals surface area contributed by atoms with Gasteiger partial charge in [0, 0.05) is 5.02 Å². The van der Waals surface area contributed by atoms with E-state index in [1.54, 1.807) is 18.2 Å². The van der Waals surface area contributed by atoms with Gasteiger partial charge in [-0.2, -0.15) is 0 Å². The van der Waals surface area contributed by atoms with Crippen LogP contribution in [0.15, 0.2) is 42.5 Å². The monoisotopic (exact) mass is 307 g/mol. The van der Waals surface area contributed by atoms with Gasteiger partial charge < -0.3 is 10.1 Å². The molecule has 1 unspecified atom stereocenters. The summed E-state index contributed by atoms with van der Waals surface area (Å²) >= 11 is 5.93. The minimum Gasteiger partial charge on any atom is -0.492 e. The van der Waals surface area contributed by atoms with Crippen LogP contribution in [0.25, 0.3) is 0 Å². The van der Waals surface area contributed by atoms with Crippen LogP contribution in [0.4, 0.5) is 4.39 Å². The van der Waals surface area contributed by atoms with Gasteiger partial charge in [0.1, 0.15) is 18.2 Å². The van der Waals surface area contributed by atoms with Crippen LogP contribution in [0.3, 0.4) is 0 Å². The zero-order chi connectivity index (χ0) is 15.2. The van der Waals surface area contributed by atoms with Crippen LogP contribution in [0, 0.1) is 12.7 Å². The lowest BCUT2D eigenvalue weighted by molar-refractivity contribution is 0.268. The molecular weight excluding hydrogens is 289 g/mol. The van der Waals surface area contributed by atoms with Crippen molar-refractivity contribution in [3.8, 4) is 5.75 Å². The van der Waals surface area contributed by atoms with E-state index in [4.69, 9.17) is 16.3 Å². The minimum atomic E-state index is -0.226. The highest BCUT2D eigenvalue weighted by Crippen LogP contribution is 2.21. The first kappa shape index (κ1) is 15.8. The predicted octanol–water partition coefficient (Wildman–Crippen LogP) is 4.52. The molecule has 0 aliphatic rings. The van der Waals surface area contributed by atoms with Gasteiger partial charge in [0.05, 0.1) is 6.04 Å². The number of hydrogen-bond donors (Lipinski definition) is 1. The van der Waals surface area contributed by atoms with Crippen LogP contribution in [-0.4, -0.2) is 13.2 Å². The molecule has 0 aliphatic carbocycles. The molecule has 0 aliphatic heterocycles. The maximum absolute atomic E-state index is 13.6. The Morgan fingerprint density at radius 1 is 1.24 bits per heavy atom. The first-order valence-electron chi connectivity index (χ1n) is 6.97. The Morgan fingerprint density at radius 2 is 2.05 bits per heavy atom. The summed E-state index contributed by atoms with van der Waals surface area (Å²) in [7, 11) is 0. The second-order valence-electron chi connectivity index (χ2n) is 4.94. The number of nitrogens with one attached hydrogen (secondary N) is 1. The Labute approximate surface area is 129 Å². The van der Waals surface area contributed by atoms with E-state index >= 15 is 0 Å². The summed E-state index contributed by atoms with van der Waals surface area (Å²) in [5.74, 6) is 0.481. The lowest BCUT2D eigenvalue weighted by atomic mass is 10.0. The van der Waals surface area contributed by atoms with Gasteiger partial charge >= 0.3 is 0 Å². The molecular formula is C17H19ClFNO. The first-order chi connectivity index (χ1) is 10.1. The molecule has 112 valence electrons. The van der Waals surface area contributed by atoms with Gasteiger partial charge in [0.15, 0.2) is 0 Å². The molecule has 0 amide bonds. The van der Waals surface area contributed by atoms with Crippen molar-refractivity contribution >= 4 is 11.6 Å². The zero-order valence-electron chi connectivity index (χ0n) is 12.2. The van der Waals surface area contributed by atoms with Crippen molar-refractivity contribution in [3.63, 3.8) is 0 Å². The van der Waals surface area contributed by atoms with Crippen molar-refractivity contribution < 1.29 is 9.13 Å². The van der Waals surface area contributed by atoms with Gasteiger partial charge in [-0.05, 0) is 54.9 Å². The molecule has 21 heavy (non-hydrogen) atoms. The number of aryl methyl sites for hydroxylation is 1. The minimum absolute atomic E-state index is 0.0663. The molecule has 0 saturated carbocycles. The Balaban J connectivity index is 2.11. The lowest BCUT2D eigenvalue weighted by Crippen LogP contribution is -2.26. The molecule has 2 rings (SSSR count). The maximum Gasteiger partial charge on any atom is 0.123 e. The van der Waals surface area contributed by atoms with Crippen LogP contribution in [0.1, 0.15) is 24.1 Å². The van der Waals surface area contributed by atoms with Crippen molar-refractivity contribution in [2.24, 2.45) is 0 Å². The van der Waals surface area contributed by atoms with Gasteiger partial charge in [0.25, 0.3) is 0 Å². The van der Waals surface area contributed by atoms with Gasteiger partial charge in [-0.15, -0.1) is 0 Å². The maximum atomic E-state index is 13.6. The molecule has 4 heteroatoms. The fourth-order valence-electron chi connectivity index (χ4n) is 2.22. The molecule has 0 radical (unpaired) electrons. The Morgan fingerprint density at radius 3 is 2.71 bits per heavy atom. The molecule has 0 fully saturated rings. The number of benzene rings is 2. The summed E-state index contributed by atoms with van der Waals surface area (Å²) in [6.45, 7) is 5.09. The molecule has 0 heterocycles. The Bertz CT molecular complexity index is 583. The molecule has 2 nitrogen and oxygen atoms in total. The smallest absolute Gasteiger partial charge is 0.123 e. The van der Waals surface area contributed by atoms with E-state index in [0.29, 0.717) is 17.4 Å². The summed E-state index contributed by atoms with van der Waals surface area (Å²) in [6.07, 6.45) is 0. The van der Waals surface area contributed by atoms with Crippen LogP contribution in [-0.2, 0) is 0 Å². The molecule has 0 aromatic heterocycles. The van der Waals surface area contributed by atoms with Crippen LogP contribution in [0.2, 0.25) is 5.02 Å². The van der Waals surface area contributed by atoms with Crippen molar-refractivity contribution in [2.45, 2.75) is 19.9 Å². The second-order valence-corrected chi connectivity index (χ2v) is 5.38. The molecule has 0 saturated heterocycles. The molecule has 0 spiro atoms. The van der Waals surface area contributed by atoms with E-state index in [0.717, 1.165) is 17.7 Å². The predicted molar refractivity (Wildman–Crippen MR) is 84.5 cm³/mol. The summed E-state index contributed by atoms with van der Waals surface area (Å²) in [4.78, 5) is 0. The average Bonchev–Trinajstić information content (AvgIpc) is 2.42. The van der Waals surface area contributed by atoms with Gasteiger partial charge in [-0.3, -0.25) is 0 Å². The number of rotatable bonds is 6. The number of ether oxygens (including phenoxy) is 1. The van der Waals surface area contributed by atoms with E-state index in [2.05, 4.69) is 5.32 Å². The van der Waals surface area contributed by atoms with Gasteiger partial charge in [-0.25, -0.2) is 4.39 Å². The molecule has 2 aromatic carbocycles. The summed E-state index contributed by atoms with van der Waals surface area (Å²) < 4.78 is 19.3. The SMILES string of the molecule is CCNC(COc1cccc(Cl)c1)c1cc(C)cc(F)c1. The van der Waals surface area contributed by atoms with Crippen molar-refractivity contribution in [1.29, 1.82) is 0 Å². The van der Waals surface area contributed by atoms with Crippen molar-refractivity contribution in [1.82, 2.24) is 5.32 Å². The van der Waals surface area contributed by atoms with E-state index in [9.17, 15) is 4.39 Å². The average molecular weight is 308 g/mol. The summed E-state index contributed by atoms with van der Waals surface area (Å²) in [6, 6.07) is 12.2. The third kappa shape index (κ3) is 4.73. The van der Waals surface area contributed by atoms with Crippen molar-refractivity contribution in [3.05, 3.63) is 64.4 Å². The standard InChI is InChI=1S/C17H19ClFNO/c1-3-20-17(13-7-12(2)8-15(19)9-13)11-21-16-6-4-5-14(18)10-16/h4-10,17,20H,3,11H2,1-2H3. The highest BCUT2D eigenvalue weighted by Gasteiger charge is 2.13. The van der Waals surface area contributed by atoms with Gasteiger partial charge in [-0.1, -0.05) is 30.7 Å². The lowest BCUT2D eigenvalue weighted by Gasteiger charge is -2.19. The summed E-state index contributed by atoms with van der Waals surface area (Å²) in [5, 5.41) is 3.95. The number of hydrogen-bond acceptors (Lipinski definition) is 2. The molecule has 1 atom stereocenters. The normalized spacial score (nSPS) is 12.2. The zero-order valence-corrected chi connectivity index (χ0v) is 13.0. The van der Waals surface area contributed by atoms with Gasteiger partial charge in [0.2, 0.25) is 0 Å². The van der Waals surface area contributed by atoms with E-state index in [1.165, 1.54) is 6.07 Å². The Kier molecular flexibility index (Phi) is 5.59. The number of likely N-dealkylation sites (N-methyl/N-ethyl adjacent to an activating group) is 1. The van der Waals surface area contributed by atoms with Crippen LogP contribution < -0.4 is 10.1 Å². The van der Waals surface area contributed by atoms with Crippen LogP contribution in [0.5, 0.6) is 5.75 Å². The highest BCUT2D eigenvalue weighted by atomic mass is 35.5. The third-order valence-electron chi connectivity index (χ3n) is 3.13. The first-order valence-corrected chi connectivity index (χ1v) is 7.35. The van der Waals surface area contributed by atoms with Crippen molar-refractivity contribution in [2.75, 3.05) is 13.2 Å². The second kappa shape index (κ2) is 7.43. The Hall–Kier alpha value is -1.58. The molecule has 0 bridgehead atoms. The van der Waals surface area contributed by atoms with Crippen LogP contribution >= 0.6 is 11.6 Å². The largest absolute Gasteiger partial charge is 0.492 e. The fraction of sp³-hybridized carbons (Fsp3) is 0.294. The fourth-order valence-corrected chi connectivity index (χ4v) is 2.40. The quantitative estimate of drug-likeness (QED) is 0.847. The topological polar surface area (TPSA) is 21.3 Å².